The van der Waals surface area contributed by atoms with E-state index < -0.39 is 0 Å². The molecule has 0 spiro atoms. The molecule has 47 valence electrons. The van der Waals surface area contributed by atoms with Crippen molar-refractivity contribution in [2.45, 2.75) is 0 Å². The van der Waals surface area contributed by atoms with Crippen molar-refractivity contribution in [3.05, 3.63) is 47.2 Å². The third-order valence-electron chi connectivity index (χ3n) is 0.870. The fourth-order valence-corrected chi connectivity index (χ4v) is 0.937. The Bertz CT molecular complexity index is 131. The van der Waals surface area contributed by atoms with Crippen LogP contribution in [0.4, 0.5) is 0 Å². The average molecular weight is 143 g/mol. The van der Waals surface area contributed by atoms with E-state index in [0.717, 1.165) is 0 Å². The Morgan fingerprint density at radius 3 is 1.50 bits per heavy atom. The first-order valence-electron chi connectivity index (χ1n) is 2.80. The summed E-state index contributed by atoms with van der Waals surface area (Å²) in [6, 6.07) is 12.1. The van der Waals surface area contributed by atoms with Crippen molar-refractivity contribution >= 4 is 30.2 Å². The van der Waals surface area contributed by atoms with Crippen molar-refractivity contribution in [1.82, 2.24) is 0 Å². The predicted molar refractivity (Wildman–Crippen MR) is 47.7 cm³/mol. The molecule has 1 radical (unpaired) electrons. The molecule has 0 N–H and O–H groups in total. The predicted octanol–water partition coefficient (Wildman–Crippen LogP) is 2.49. The van der Waals surface area contributed by atoms with E-state index in [0.29, 0.717) is 0 Å². The van der Waals surface area contributed by atoms with Crippen molar-refractivity contribution in [2.75, 3.05) is 0 Å². The van der Waals surface area contributed by atoms with Crippen LogP contribution in [0.5, 0.6) is 0 Å². The minimum Gasteiger partial charge on any atom is -0.152 e. The summed E-state index contributed by atoms with van der Waals surface area (Å²) in [4.78, 5) is 0. The van der Waals surface area contributed by atoms with E-state index in [4.69, 9.17) is 0 Å². The second-order valence-corrected chi connectivity index (χ2v) is 2.38. The molecule has 1 heterocycles. The smallest absolute Gasteiger partial charge is 0 e. The Morgan fingerprint density at radius 1 is 0.600 bits per heavy atom. The van der Waals surface area contributed by atoms with Gasteiger partial charge in [-0.2, -0.15) is 11.3 Å². The Kier molecular flexibility index (Phi) is 6.74. The molecule has 0 aliphatic rings. The van der Waals surface area contributed by atoms with Gasteiger partial charge < -0.3 is 0 Å². The molecule has 0 aliphatic carbocycles. The molecule has 0 nitrogen and oxygen atoms in total. The maximum absolute atomic E-state index is 2.04. The van der Waals surface area contributed by atoms with E-state index in [1.807, 2.05) is 47.2 Å². The zero-order valence-electron chi connectivity index (χ0n) is 6.03. The van der Waals surface area contributed by atoms with Crippen LogP contribution >= 0.6 is 11.3 Å². The summed E-state index contributed by atoms with van der Waals surface area (Å²) in [6.07, 6.45) is 0. The van der Waals surface area contributed by atoms with Gasteiger partial charge in [0.1, 0.15) is 0 Å². The van der Waals surface area contributed by atoms with Crippen molar-refractivity contribution in [1.29, 1.82) is 0 Å². The maximum Gasteiger partial charge on any atom is 0 e. The van der Waals surface area contributed by atoms with E-state index >= 15 is 0 Å². The van der Waals surface area contributed by atoms with Gasteiger partial charge in [0.15, 0.2) is 0 Å². The molecule has 0 saturated carbocycles. The average Bonchev–Trinajstić information content (AvgIpc) is 2.00. The Labute approximate surface area is 77.4 Å². The number of hydrogen-bond donors (Lipinski definition) is 0. The summed E-state index contributed by atoms with van der Waals surface area (Å²) in [6.45, 7) is 0. The third-order valence-corrected chi connectivity index (χ3v) is 1.50. The van der Waals surface area contributed by atoms with Gasteiger partial charge in [-0.3, -0.25) is 0 Å². The molecule has 10 heavy (non-hydrogen) atoms. The summed E-state index contributed by atoms with van der Waals surface area (Å²) in [5, 5.41) is 4.08. The van der Waals surface area contributed by atoms with E-state index in [-0.39, 0.29) is 18.9 Å². The molecular weight excluding hydrogens is 135 g/mol. The minimum absolute atomic E-state index is 0. The Hall–Kier alpha value is -0.223. The molecule has 0 bridgehead atoms. The molecule has 0 unspecified atom stereocenters. The van der Waals surface area contributed by atoms with Crippen LogP contribution in [0, 0.1) is 0 Å². The molecular formula is C8H8LiS. The zero-order chi connectivity index (χ0) is 6.36. The van der Waals surface area contributed by atoms with Gasteiger partial charge in [0, 0.05) is 18.9 Å². The molecule has 0 aromatic carbocycles. The quantitative estimate of drug-likeness (QED) is 0.489. The van der Waals surface area contributed by atoms with Crippen molar-refractivity contribution < 1.29 is 0 Å². The molecule has 2 heteroatoms. The van der Waals surface area contributed by atoms with Crippen LogP contribution in [0.15, 0.2) is 47.2 Å². The molecule has 0 saturated heterocycles. The second-order valence-electron chi connectivity index (χ2n) is 1.56. The summed E-state index contributed by atoms with van der Waals surface area (Å²) in [5.74, 6) is 0. The molecule has 0 aliphatic heterocycles. The van der Waals surface area contributed by atoms with E-state index in [1.165, 1.54) is 0 Å². The van der Waals surface area contributed by atoms with Crippen LogP contribution in [0.3, 0.4) is 0 Å². The van der Waals surface area contributed by atoms with E-state index in [9.17, 15) is 0 Å². The molecule has 1 aromatic heterocycles. The van der Waals surface area contributed by atoms with Gasteiger partial charge in [0.2, 0.25) is 0 Å². The Morgan fingerprint density at radius 2 is 1.00 bits per heavy atom. The van der Waals surface area contributed by atoms with Gasteiger partial charge in [0.25, 0.3) is 0 Å². The minimum atomic E-state index is 0. The van der Waals surface area contributed by atoms with E-state index in [1.54, 1.807) is 11.3 Å². The summed E-state index contributed by atoms with van der Waals surface area (Å²) >= 11 is 1.68. The standard InChI is InChI=1S/C8H8S.Li/c1-2-4-6-8-9-7-5-3-1;/h1-8H;. The van der Waals surface area contributed by atoms with Gasteiger partial charge >= 0.3 is 0 Å². The summed E-state index contributed by atoms with van der Waals surface area (Å²) in [5.41, 5.74) is 0. The van der Waals surface area contributed by atoms with E-state index in [2.05, 4.69) is 0 Å². The Balaban J connectivity index is 0.000000810. The number of rotatable bonds is 0. The topological polar surface area (TPSA) is 0 Å². The fourth-order valence-electron chi connectivity index (χ4n) is 0.483. The molecule has 0 atom stereocenters. The number of hydrogen-bond acceptors (Lipinski definition) is 1. The van der Waals surface area contributed by atoms with Crippen LogP contribution in [-0.2, 0) is 0 Å². The maximum atomic E-state index is 2.04. The summed E-state index contributed by atoms with van der Waals surface area (Å²) in [7, 11) is 0. The van der Waals surface area contributed by atoms with Gasteiger partial charge in [-0.05, 0) is 10.8 Å². The molecule has 0 amide bonds. The summed E-state index contributed by atoms with van der Waals surface area (Å²) < 4.78 is 0. The van der Waals surface area contributed by atoms with Crippen LogP contribution in [0.25, 0.3) is 0 Å². The van der Waals surface area contributed by atoms with Gasteiger partial charge in [-0.1, -0.05) is 36.4 Å². The molecule has 1 aromatic rings. The van der Waals surface area contributed by atoms with Gasteiger partial charge in [-0.25, -0.2) is 0 Å². The monoisotopic (exact) mass is 143 g/mol. The second kappa shape index (κ2) is 6.89. The van der Waals surface area contributed by atoms with Crippen LogP contribution in [-0.4, -0.2) is 18.9 Å². The van der Waals surface area contributed by atoms with Crippen LogP contribution < -0.4 is 0 Å². The van der Waals surface area contributed by atoms with Crippen LogP contribution in [0.1, 0.15) is 0 Å². The van der Waals surface area contributed by atoms with Gasteiger partial charge in [-0.15, -0.1) is 0 Å². The van der Waals surface area contributed by atoms with Crippen LogP contribution in [0.2, 0.25) is 0 Å². The first kappa shape index (κ1) is 9.78. The SMILES string of the molecule is [Li].c1ccccsccc1. The van der Waals surface area contributed by atoms with Crippen molar-refractivity contribution in [2.24, 2.45) is 0 Å². The largest absolute Gasteiger partial charge is 0.152 e. The third kappa shape index (κ3) is 4.64. The fraction of sp³-hybridized carbons (Fsp3) is 0. The zero-order valence-corrected chi connectivity index (χ0v) is 6.84. The van der Waals surface area contributed by atoms with Gasteiger partial charge in [0.05, 0.1) is 0 Å². The molecule has 1 rings (SSSR count). The molecule has 0 fully saturated rings. The first-order chi connectivity index (χ1) is 4.50. The normalized spacial score (nSPS) is 7.20. The van der Waals surface area contributed by atoms with Crippen molar-refractivity contribution in [3.63, 3.8) is 0 Å². The van der Waals surface area contributed by atoms with Crippen molar-refractivity contribution in [3.8, 4) is 0 Å². The first-order valence-corrected chi connectivity index (χ1v) is 3.75.